The molecule has 0 N–H and O–H groups in total. The van der Waals surface area contributed by atoms with Gasteiger partial charge in [-0.1, -0.05) is 11.6 Å². The first-order valence-corrected chi connectivity index (χ1v) is 3.41. The molecule has 0 aromatic carbocycles. The van der Waals surface area contributed by atoms with Crippen LogP contribution in [0.1, 0.15) is 17.1 Å². The summed E-state index contributed by atoms with van der Waals surface area (Å²) in [5.74, 6) is 0. The van der Waals surface area contributed by atoms with Gasteiger partial charge in [0.1, 0.15) is 12.1 Å². The van der Waals surface area contributed by atoms with Gasteiger partial charge in [-0.2, -0.15) is 10.5 Å². The van der Waals surface area contributed by atoms with Crippen LogP contribution in [-0.4, -0.2) is 9.97 Å². The van der Waals surface area contributed by atoms with E-state index in [2.05, 4.69) is 9.97 Å². The molecule has 0 spiro atoms. The molecule has 0 radical (unpaired) electrons. The van der Waals surface area contributed by atoms with Gasteiger partial charge in [0, 0.05) is 0 Å². The molecule has 0 amide bonds. The second-order valence-electron chi connectivity index (χ2n) is 2.02. The van der Waals surface area contributed by atoms with Crippen molar-refractivity contribution in [2.75, 3.05) is 0 Å². The number of hydrogen-bond donors (Lipinski definition) is 0. The quantitative estimate of drug-likeness (QED) is 0.598. The second kappa shape index (κ2) is 3.17. The Morgan fingerprint density at radius 2 is 1.67 bits per heavy atom. The molecule has 0 aliphatic rings. The molecule has 0 bridgehead atoms. The fourth-order valence-electron chi connectivity index (χ4n) is 0.655. The van der Waals surface area contributed by atoms with Crippen LogP contribution in [-0.2, 0) is 0 Å². The zero-order chi connectivity index (χ0) is 9.14. The van der Waals surface area contributed by atoms with Gasteiger partial charge in [-0.15, -0.1) is 0 Å². The van der Waals surface area contributed by atoms with E-state index in [1.54, 1.807) is 19.1 Å². The molecule has 0 fully saturated rings. The zero-order valence-corrected chi connectivity index (χ0v) is 6.92. The van der Waals surface area contributed by atoms with Crippen LogP contribution in [0.25, 0.3) is 0 Å². The Hall–Kier alpha value is -1.65. The highest BCUT2D eigenvalue weighted by molar-refractivity contribution is 6.30. The summed E-state index contributed by atoms with van der Waals surface area (Å²) in [6, 6.07) is 3.49. The molecule has 0 aliphatic carbocycles. The topological polar surface area (TPSA) is 73.4 Å². The van der Waals surface area contributed by atoms with Crippen molar-refractivity contribution >= 4 is 11.6 Å². The lowest BCUT2D eigenvalue weighted by Crippen LogP contribution is -1.97. The predicted molar refractivity (Wildman–Crippen MR) is 41.2 cm³/mol. The van der Waals surface area contributed by atoms with Crippen molar-refractivity contribution in [3.8, 4) is 12.1 Å². The van der Waals surface area contributed by atoms with Crippen LogP contribution in [0.15, 0.2) is 0 Å². The Bertz CT molecular complexity index is 360. The Balaban J connectivity index is 3.44. The van der Waals surface area contributed by atoms with Gasteiger partial charge in [-0.05, 0) is 6.92 Å². The molecule has 58 valence electrons. The molecule has 1 rings (SSSR count). The van der Waals surface area contributed by atoms with E-state index in [-0.39, 0.29) is 16.5 Å². The zero-order valence-electron chi connectivity index (χ0n) is 6.17. The van der Waals surface area contributed by atoms with Crippen LogP contribution in [0.5, 0.6) is 0 Å². The minimum Gasteiger partial charge on any atom is -0.236 e. The van der Waals surface area contributed by atoms with Crippen molar-refractivity contribution in [1.29, 1.82) is 10.5 Å². The summed E-state index contributed by atoms with van der Waals surface area (Å²) in [4.78, 5) is 7.47. The van der Waals surface area contributed by atoms with Gasteiger partial charge in [0.15, 0.2) is 16.5 Å². The van der Waals surface area contributed by atoms with E-state index in [1.807, 2.05) is 0 Å². The summed E-state index contributed by atoms with van der Waals surface area (Å²) in [6.07, 6.45) is 0. The van der Waals surface area contributed by atoms with Gasteiger partial charge >= 0.3 is 0 Å². The van der Waals surface area contributed by atoms with Crippen molar-refractivity contribution in [2.45, 2.75) is 6.92 Å². The van der Waals surface area contributed by atoms with Crippen LogP contribution in [0.2, 0.25) is 5.15 Å². The van der Waals surface area contributed by atoms with Crippen LogP contribution in [0.3, 0.4) is 0 Å². The molecule has 0 aliphatic heterocycles. The van der Waals surface area contributed by atoms with E-state index in [4.69, 9.17) is 22.1 Å². The van der Waals surface area contributed by atoms with E-state index < -0.39 is 0 Å². The summed E-state index contributed by atoms with van der Waals surface area (Å²) in [5, 5.41) is 17.2. The fraction of sp³-hybridized carbons (Fsp3) is 0.143. The third-order valence-corrected chi connectivity index (χ3v) is 1.58. The average molecular weight is 179 g/mol. The Kier molecular flexibility index (Phi) is 2.23. The lowest BCUT2D eigenvalue weighted by molar-refractivity contribution is 1.07. The van der Waals surface area contributed by atoms with Crippen LogP contribution >= 0.6 is 11.6 Å². The van der Waals surface area contributed by atoms with Crippen LogP contribution in [0, 0.1) is 29.6 Å². The van der Waals surface area contributed by atoms with Gasteiger partial charge in [0.2, 0.25) is 0 Å². The number of hydrogen-bond acceptors (Lipinski definition) is 4. The standard InChI is InChI=1S/C7H3ClN4/c1-4-7(8)12-6(3-10)5(2-9)11-4/h1H3. The highest BCUT2D eigenvalue weighted by Crippen LogP contribution is 2.11. The molecule has 5 heteroatoms. The van der Waals surface area contributed by atoms with Gasteiger partial charge in [-0.25, -0.2) is 9.97 Å². The summed E-state index contributed by atoms with van der Waals surface area (Å²) in [6.45, 7) is 1.62. The lowest BCUT2D eigenvalue weighted by atomic mass is 10.3. The summed E-state index contributed by atoms with van der Waals surface area (Å²) < 4.78 is 0. The van der Waals surface area contributed by atoms with Crippen LogP contribution in [0.4, 0.5) is 0 Å². The molecule has 12 heavy (non-hydrogen) atoms. The van der Waals surface area contributed by atoms with Gasteiger partial charge in [0.05, 0.1) is 5.69 Å². The van der Waals surface area contributed by atoms with E-state index in [9.17, 15) is 0 Å². The van der Waals surface area contributed by atoms with E-state index in [0.29, 0.717) is 5.69 Å². The number of aromatic nitrogens is 2. The smallest absolute Gasteiger partial charge is 0.178 e. The molecule has 1 heterocycles. The summed E-state index contributed by atoms with van der Waals surface area (Å²) in [5.41, 5.74) is 0.430. The maximum absolute atomic E-state index is 8.52. The minimum atomic E-state index is -0.0342. The highest BCUT2D eigenvalue weighted by atomic mass is 35.5. The first kappa shape index (κ1) is 8.45. The fourth-order valence-corrected chi connectivity index (χ4v) is 0.781. The monoisotopic (exact) mass is 178 g/mol. The van der Waals surface area contributed by atoms with Crippen molar-refractivity contribution < 1.29 is 0 Å². The molecule has 0 saturated heterocycles. The van der Waals surface area contributed by atoms with Gasteiger partial charge in [-0.3, -0.25) is 0 Å². The predicted octanol–water partition coefficient (Wildman–Crippen LogP) is 1.18. The lowest BCUT2D eigenvalue weighted by Gasteiger charge is -1.96. The molecular formula is C7H3ClN4. The minimum absolute atomic E-state index is 0.0133. The number of nitriles is 2. The first-order valence-electron chi connectivity index (χ1n) is 3.03. The van der Waals surface area contributed by atoms with E-state index in [0.717, 1.165) is 0 Å². The van der Waals surface area contributed by atoms with Gasteiger partial charge < -0.3 is 0 Å². The van der Waals surface area contributed by atoms with E-state index in [1.165, 1.54) is 0 Å². The normalized spacial score (nSPS) is 8.67. The van der Waals surface area contributed by atoms with Crippen molar-refractivity contribution in [1.82, 2.24) is 9.97 Å². The van der Waals surface area contributed by atoms with Crippen LogP contribution < -0.4 is 0 Å². The molecule has 1 aromatic heterocycles. The highest BCUT2D eigenvalue weighted by Gasteiger charge is 2.07. The number of halogens is 1. The molecule has 4 nitrogen and oxygen atoms in total. The number of aryl methyl sites for hydroxylation is 1. The van der Waals surface area contributed by atoms with Crippen molar-refractivity contribution in [3.05, 3.63) is 22.2 Å². The van der Waals surface area contributed by atoms with Crippen molar-refractivity contribution in [2.24, 2.45) is 0 Å². The second-order valence-corrected chi connectivity index (χ2v) is 2.38. The molecule has 0 atom stereocenters. The SMILES string of the molecule is Cc1nc(C#N)c(C#N)nc1Cl. The molecule has 1 aromatic rings. The average Bonchev–Trinajstić information content (AvgIpc) is 2.09. The Morgan fingerprint density at radius 3 is 2.17 bits per heavy atom. The third kappa shape index (κ3) is 1.34. The number of nitrogens with zero attached hydrogens (tertiary/aromatic N) is 4. The Morgan fingerprint density at radius 1 is 1.17 bits per heavy atom. The molecule has 0 saturated carbocycles. The molecule has 0 unspecified atom stereocenters. The maximum Gasteiger partial charge on any atom is 0.178 e. The largest absolute Gasteiger partial charge is 0.236 e. The maximum atomic E-state index is 8.52. The summed E-state index contributed by atoms with van der Waals surface area (Å²) in [7, 11) is 0. The third-order valence-electron chi connectivity index (χ3n) is 1.22. The Labute approximate surface area is 74.1 Å². The van der Waals surface area contributed by atoms with Crippen molar-refractivity contribution in [3.63, 3.8) is 0 Å². The van der Waals surface area contributed by atoms with Gasteiger partial charge in [0.25, 0.3) is 0 Å². The van der Waals surface area contributed by atoms with E-state index >= 15 is 0 Å². The first-order chi connectivity index (χ1) is 5.69. The summed E-state index contributed by atoms with van der Waals surface area (Å²) >= 11 is 5.59. The molecular weight excluding hydrogens is 176 g/mol. The number of rotatable bonds is 0.